The molecule has 0 aromatic carbocycles. The highest BCUT2D eigenvalue weighted by molar-refractivity contribution is 7.09. The second-order valence-corrected chi connectivity index (χ2v) is 5.79. The number of hydrogen-bond acceptors (Lipinski definition) is 4. The molecule has 3 nitrogen and oxygen atoms in total. The molecule has 0 radical (unpaired) electrons. The summed E-state index contributed by atoms with van der Waals surface area (Å²) in [6.45, 7) is 4.47. The highest BCUT2D eigenvalue weighted by atomic mass is 32.1. The maximum atomic E-state index is 4.53. The summed E-state index contributed by atoms with van der Waals surface area (Å²) in [4.78, 5) is 4.53. The van der Waals surface area contributed by atoms with Gasteiger partial charge in [0.15, 0.2) is 0 Å². The average Bonchev–Trinajstić information content (AvgIpc) is 2.78. The van der Waals surface area contributed by atoms with Gasteiger partial charge >= 0.3 is 0 Å². The molecule has 2 rings (SSSR count). The average molecular weight is 253 g/mol. The van der Waals surface area contributed by atoms with Crippen molar-refractivity contribution in [3.8, 4) is 0 Å². The van der Waals surface area contributed by atoms with Crippen molar-refractivity contribution in [2.24, 2.45) is 5.92 Å². The van der Waals surface area contributed by atoms with Gasteiger partial charge in [0.1, 0.15) is 5.82 Å². The zero-order valence-electron chi connectivity index (χ0n) is 10.9. The van der Waals surface area contributed by atoms with Crippen LogP contribution in [0.4, 0.5) is 5.13 Å². The number of hydrogen-bond donors (Lipinski definition) is 1. The normalized spacial score (nSPS) is 24.8. The summed E-state index contributed by atoms with van der Waals surface area (Å²) in [7, 11) is 0. The predicted molar refractivity (Wildman–Crippen MR) is 73.6 cm³/mol. The van der Waals surface area contributed by atoms with E-state index in [0.717, 1.165) is 29.7 Å². The topological polar surface area (TPSA) is 37.8 Å². The minimum atomic E-state index is 0.625. The summed E-state index contributed by atoms with van der Waals surface area (Å²) in [5, 5.41) is 4.57. The van der Waals surface area contributed by atoms with Crippen LogP contribution in [0.15, 0.2) is 0 Å². The van der Waals surface area contributed by atoms with Gasteiger partial charge in [-0.1, -0.05) is 20.3 Å². The van der Waals surface area contributed by atoms with Crippen LogP contribution >= 0.6 is 11.5 Å². The fourth-order valence-corrected chi connectivity index (χ4v) is 3.22. The van der Waals surface area contributed by atoms with Gasteiger partial charge in [0, 0.05) is 24.0 Å². The highest BCUT2D eigenvalue weighted by Crippen LogP contribution is 2.28. The predicted octanol–water partition coefficient (Wildman–Crippen LogP) is 3.87. The summed E-state index contributed by atoms with van der Waals surface area (Å²) in [5.74, 6) is 1.96. The number of rotatable bonds is 5. The Morgan fingerprint density at radius 1 is 1.24 bits per heavy atom. The molecule has 0 saturated heterocycles. The van der Waals surface area contributed by atoms with Crippen LogP contribution in [0.1, 0.15) is 58.2 Å². The Kier molecular flexibility index (Phi) is 4.77. The van der Waals surface area contributed by atoms with Crippen molar-refractivity contribution in [2.75, 3.05) is 5.32 Å². The van der Waals surface area contributed by atoms with E-state index in [-0.39, 0.29) is 0 Å². The third-order valence-electron chi connectivity index (χ3n) is 3.69. The van der Waals surface area contributed by atoms with E-state index in [2.05, 4.69) is 28.5 Å². The van der Waals surface area contributed by atoms with Crippen LogP contribution in [0, 0.1) is 5.92 Å². The molecule has 0 spiro atoms. The second kappa shape index (κ2) is 6.34. The molecule has 1 aromatic rings. The van der Waals surface area contributed by atoms with Gasteiger partial charge < -0.3 is 5.32 Å². The van der Waals surface area contributed by atoms with Crippen molar-refractivity contribution >= 4 is 16.7 Å². The molecule has 1 saturated carbocycles. The van der Waals surface area contributed by atoms with Gasteiger partial charge in [-0.05, 0) is 38.0 Å². The van der Waals surface area contributed by atoms with E-state index in [1.165, 1.54) is 43.6 Å². The van der Waals surface area contributed by atoms with Gasteiger partial charge in [0.2, 0.25) is 5.13 Å². The van der Waals surface area contributed by atoms with E-state index in [9.17, 15) is 0 Å². The molecule has 1 N–H and O–H groups in total. The number of anilines is 1. The number of nitrogens with zero attached hydrogens (tertiary/aromatic N) is 2. The summed E-state index contributed by atoms with van der Waals surface area (Å²) in [5.41, 5.74) is 0. The van der Waals surface area contributed by atoms with E-state index in [4.69, 9.17) is 0 Å². The molecule has 96 valence electrons. The highest BCUT2D eigenvalue weighted by Gasteiger charge is 2.20. The summed E-state index contributed by atoms with van der Waals surface area (Å²) in [6.07, 6.45) is 8.79. The van der Waals surface area contributed by atoms with Crippen LogP contribution in [0.3, 0.4) is 0 Å². The molecule has 1 aromatic heterocycles. The van der Waals surface area contributed by atoms with E-state index < -0.39 is 0 Å². The van der Waals surface area contributed by atoms with Crippen LogP contribution < -0.4 is 5.32 Å². The molecule has 0 unspecified atom stereocenters. The first-order valence-corrected chi connectivity index (χ1v) is 7.68. The van der Waals surface area contributed by atoms with Gasteiger partial charge in [0.05, 0.1) is 0 Å². The lowest BCUT2D eigenvalue weighted by atomic mass is 9.85. The molecular weight excluding hydrogens is 230 g/mol. The molecule has 1 heterocycles. The standard InChI is InChI=1S/C13H23N3S/c1-3-5-12-15-13(17-16-12)14-11-8-6-10(4-2)7-9-11/h10-11H,3-9H2,1-2H3,(H,14,15,16). The zero-order chi connectivity index (χ0) is 12.1. The van der Waals surface area contributed by atoms with Crippen molar-refractivity contribution in [1.29, 1.82) is 0 Å². The molecule has 17 heavy (non-hydrogen) atoms. The van der Waals surface area contributed by atoms with Crippen LogP contribution in [0.2, 0.25) is 0 Å². The fraction of sp³-hybridized carbons (Fsp3) is 0.846. The smallest absolute Gasteiger partial charge is 0.202 e. The maximum absolute atomic E-state index is 4.53. The molecule has 1 fully saturated rings. The molecular formula is C13H23N3S. The van der Waals surface area contributed by atoms with Gasteiger partial charge in [-0.3, -0.25) is 0 Å². The first-order chi connectivity index (χ1) is 8.31. The largest absolute Gasteiger partial charge is 0.358 e. The lowest BCUT2D eigenvalue weighted by Crippen LogP contribution is -2.25. The minimum Gasteiger partial charge on any atom is -0.358 e. The summed E-state index contributed by atoms with van der Waals surface area (Å²) >= 11 is 1.52. The second-order valence-electron chi connectivity index (χ2n) is 5.04. The monoisotopic (exact) mass is 253 g/mol. The summed E-state index contributed by atoms with van der Waals surface area (Å²) < 4.78 is 4.37. The van der Waals surface area contributed by atoms with Crippen LogP contribution in [-0.2, 0) is 6.42 Å². The van der Waals surface area contributed by atoms with Crippen molar-refractivity contribution < 1.29 is 0 Å². The minimum absolute atomic E-state index is 0.625. The van der Waals surface area contributed by atoms with E-state index in [0.29, 0.717) is 6.04 Å². The van der Waals surface area contributed by atoms with Crippen molar-refractivity contribution in [3.05, 3.63) is 5.82 Å². The Morgan fingerprint density at radius 3 is 2.65 bits per heavy atom. The van der Waals surface area contributed by atoms with E-state index in [1.54, 1.807) is 0 Å². The first kappa shape index (κ1) is 12.8. The number of aryl methyl sites for hydroxylation is 1. The van der Waals surface area contributed by atoms with Crippen LogP contribution in [0.25, 0.3) is 0 Å². The number of nitrogens with one attached hydrogen (secondary N) is 1. The van der Waals surface area contributed by atoms with Gasteiger partial charge in [-0.15, -0.1) is 0 Å². The molecule has 0 atom stereocenters. The molecule has 0 aliphatic heterocycles. The van der Waals surface area contributed by atoms with Crippen LogP contribution in [0.5, 0.6) is 0 Å². The SMILES string of the molecule is CCCc1nsc(NC2CCC(CC)CC2)n1. The molecule has 1 aliphatic rings. The molecule has 1 aliphatic carbocycles. The Morgan fingerprint density at radius 2 is 2.00 bits per heavy atom. The third kappa shape index (κ3) is 3.66. The Hall–Kier alpha value is -0.640. The van der Waals surface area contributed by atoms with E-state index >= 15 is 0 Å². The zero-order valence-corrected chi connectivity index (χ0v) is 11.7. The lowest BCUT2D eigenvalue weighted by Gasteiger charge is -2.28. The molecule has 0 amide bonds. The number of aromatic nitrogens is 2. The van der Waals surface area contributed by atoms with Crippen molar-refractivity contribution in [2.45, 2.75) is 64.8 Å². The molecule has 4 heteroatoms. The maximum Gasteiger partial charge on any atom is 0.202 e. The third-order valence-corrected chi connectivity index (χ3v) is 4.38. The van der Waals surface area contributed by atoms with Crippen molar-refractivity contribution in [1.82, 2.24) is 9.36 Å². The summed E-state index contributed by atoms with van der Waals surface area (Å²) in [6, 6.07) is 0.625. The van der Waals surface area contributed by atoms with Gasteiger partial charge in [-0.2, -0.15) is 4.37 Å². The molecule has 0 bridgehead atoms. The van der Waals surface area contributed by atoms with Crippen LogP contribution in [-0.4, -0.2) is 15.4 Å². The van der Waals surface area contributed by atoms with Gasteiger partial charge in [-0.25, -0.2) is 4.98 Å². The lowest BCUT2D eigenvalue weighted by molar-refractivity contribution is 0.330. The van der Waals surface area contributed by atoms with Gasteiger partial charge in [0.25, 0.3) is 0 Å². The van der Waals surface area contributed by atoms with E-state index in [1.807, 2.05) is 0 Å². The fourth-order valence-electron chi connectivity index (χ4n) is 2.53. The first-order valence-electron chi connectivity index (χ1n) is 6.91. The Bertz CT molecular complexity index is 329. The Balaban J connectivity index is 1.80. The Labute approximate surface area is 108 Å². The quantitative estimate of drug-likeness (QED) is 0.865. The van der Waals surface area contributed by atoms with Crippen molar-refractivity contribution in [3.63, 3.8) is 0 Å².